The first-order valence-corrected chi connectivity index (χ1v) is 9.04. The zero-order valence-electron chi connectivity index (χ0n) is 15.7. The Morgan fingerprint density at radius 3 is 2.64 bits per heavy atom. The molecule has 4 aromatic rings. The third-order valence-electron chi connectivity index (χ3n) is 4.64. The highest BCUT2D eigenvalue weighted by molar-refractivity contribution is 5.66. The molecule has 0 radical (unpaired) electrons. The third kappa shape index (κ3) is 3.57. The van der Waals surface area contributed by atoms with E-state index in [9.17, 15) is 4.39 Å². The van der Waals surface area contributed by atoms with Crippen LogP contribution in [0.2, 0.25) is 0 Å². The zero-order valence-corrected chi connectivity index (χ0v) is 15.7. The first-order valence-electron chi connectivity index (χ1n) is 9.04. The second kappa shape index (κ2) is 7.74. The van der Waals surface area contributed by atoms with Gasteiger partial charge in [-0.15, -0.1) is 0 Å². The monoisotopic (exact) mass is 376 g/mol. The number of hydrogen-bond acceptors (Lipinski definition) is 5. The summed E-state index contributed by atoms with van der Waals surface area (Å²) < 4.78 is 16.0. The van der Waals surface area contributed by atoms with Gasteiger partial charge in [-0.3, -0.25) is 9.88 Å². The van der Waals surface area contributed by atoms with Crippen LogP contribution in [0.15, 0.2) is 67.0 Å². The molecular weight excluding hydrogens is 355 g/mol. The van der Waals surface area contributed by atoms with E-state index in [1.165, 1.54) is 6.07 Å². The number of likely N-dealkylation sites (N-methyl/N-ethyl adjacent to an activating group) is 1. The quantitative estimate of drug-likeness (QED) is 0.557. The van der Waals surface area contributed by atoms with Gasteiger partial charge in [-0.2, -0.15) is 9.61 Å². The molecule has 0 aliphatic carbocycles. The Kier molecular flexibility index (Phi) is 4.99. The van der Waals surface area contributed by atoms with E-state index >= 15 is 0 Å². The normalized spacial score (nSPS) is 12.4. The number of hydrogen-bond donors (Lipinski definition) is 1. The molecule has 0 bridgehead atoms. The van der Waals surface area contributed by atoms with Crippen molar-refractivity contribution in [3.8, 4) is 11.3 Å². The van der Waals surface area contributed by atoms with Gasteiger partial charge in [0, 0.05) is 30.4 Å². The highest BCUT2D eigenvalue weighted by Crippen LogP contribution is 2.25. The van der Waals surface area contributed by atoms with Gasteiger partial charge < -0.3 is 5.32 Å². The van der Waals surface area contributed by atoms with Crippen LogP contribution in [-0.4, -0.2) is 45.1 Å². The topological polar surface area (TPSA) is 58.3 Å². The van der Waals surface area contributed by atoms with Crippen LogP contribution in [0.1, 0.15) is 11.7 Å². The van der Waals surface area contributed by atoms with Crippen molar-refractivity contribution in [1.29, 1.82) is 0 Å². The molecule has 0 fully saturated rings. The van der Waals surface area contributed by atoms with E-state index in [1.54, 1.807) is 41.2 Å². The van der Waals surface area contributed by atoms with Crippen molar-refractivity contribution in [2.45, 2.75) is 6.04 Å². The van der Waals surface area contributed by atoms with Crippen LogP contribution in [0.25, 0.3) is 16.9 Å². The fraction of sp³-hybridized carbons (Fsp3) is 0.190. The standard InChI is InChI=1S/C21H21FN6/c1-27(2)19(17-9-5-6-11-23-17)14-24-21-13-18(15-7-3-4-8-16(15)22)26-20-10-12-25-28(20)21/h3-13,19,24H,14H2,1-2H3/t19-/m1/s1. The zero-order chi connectivity index (χ0) is 19.5. The van der Waals surface area contributed by atoms with Gasteiger partial charge in [0.25, 0.3) is 0 Å². The van der Waals surface area contributed by atoms with Crippen LogP contribution in [0.3, 0.4) is 0 Å². The molecule has 1 aromatic carbocycles. The van der Waals surface area contributed by atoms with Gasteiger partial charge in [-0.25, -0.2) is 9.37 Å². The molecule has 6 nitrogen and oxygen atoms in total. The van der Waals surface area contributed by atoms with Gasteiger partial charge in [0.2, 0.25) is 0 Å². The molecule has 0 aliphatic heterocycles. The number of fused-ring (bicyclic) bond motifs is 1. The van der Waals surface area contributed by atoms with Crippen molar-refractivity contribution in [2.24, 2.45) is 0 Å². The van der Waals surface area contributed by atoms with Crippen LogP contribution in [0.5, 0.6) is 0 Å². The minimum atomic E-state index is -0.301. The fourth-order valence-electron chi connectivity index (χ4n) is 3.17. The first kappa shape index (κ1) is 18.1. The molecule has 1 atom stereocenters. The Hall–Kier alpha value is -3.32. The molecule has 0 unspecified atom stereocenters. The highest BCUT2D eigenvalue weighted by Gasteiger charge is 2.17. The first-order chi connectivity index (χ1) is 13.6. The van der Waals surface area contributed by atoms with E-state index in [0.29, 0.717) is 23.4 Å². The smallest absolute Gasteiger partial charge is 0.157 e. The molecule has 142 valence electrons. The van der Waals surface area contributed by atoms with Crippen LogP contribution in [0, 0.1) is 5.82 Å². The average molecular weight is 376 g/mol. The average Bonchev–Trinajstić information content (AvgIpc) is 3.18. The largest absolute Gasteiger partial charge is 0.368 e. The van der Waals surface area contributed by atoms with Gasteiger partial charge in [-0.1, -0.05) is 18.2 Å². The van der Waals surface area contributed by atoms with E-state index in [2.05, 4.69) is 25.3 Å². The van der Waals surface area contributed by atoms with Gasteiger partial charge in [0.1, 0.15) is 11.6 Å². The number of halogens is 1. The van der Waals surface area contributed by atoms with E-state index in [0.717, 1.165) is 11.5 Å². The van der Waals surface area contributed by atoms with E-state index in [-0.39, 0.29) is 11.9 Å². The highest BCUT2D eigenvalue weighted by atomic mass is 19.1. The summed E-state index contributed by atoms with van der Waals surface area (Å²) in [5.41, 5.74) is 2.65. The summed E-state index contributed by atoms with van der Waals surface area (Å²) in [5, 5.41) is 7.78. The molecule has 0 aliphatic rings. The lowest BCUT2D eigenvalue weighted by Crippen LogP contribution is -2.28. The Balaban J connectivity index is 1.68. The molecule has 0 amide bonds. The summed E-state index contributed by atoms with van der Waals surface area (Å²) in [6.07, 6.45) is 3.47. The van der Waals surface area contributed by atoms with Crippen molar-refractivity contribution in [2.75, 3.05) is 26.0 Å². The Morgan fingerprint density at radius 2 is 1.89 bits per heavy atom. The van der Waals surface area contributed by atoms with Crippen LogP contribution < -0.4 is 5.32 Å². The molecule has 3 heterocycles. The lowest BCUT2D eigenvalue weighted by molar-refractivity contribution is 0.305. The minimum absolute atomic E-state index is 0.0666. The summed E-state index contributed by atoms with van der Waals surface area (Å²) in [7, 11) is 4.03. The summed E-state index contributed by atoms with van der Waals surface area (Å²) in [5.74, 6) is 0.445. The number of rotatable bonds is 6. The number of pyridine rings is 1. The molecule has 0 saturated heterocycles. The number of nitrogens with one attached hydrogen (secondary N) is 1. The summed E-state index contributed by atoms with van der Waals surface area (Å²) in [6.45, 7) is 0.611. The van der Waals surface area contributed by atoms with E-state index in [4.69, 9.17) is 0 Å². The predicted octanol–water partition coefficient (Wildman–Crippen LogP) is 3.65. The molecule has 4 rings (SSSR count). The number of benzene rings is 1. The summed E-state index contributed by atoms with van der Waals surface area (Å²) >= 11 is 0. The van der Waals surface area contributed by atoms with Crippen molar-refractivity contribution in [3.63, 3.8) is 0 Å². The van der Waals surface area contributed by atoms with Gasteiger partial charge >= 0.3 is 0 Å². The van der Waals surface area contributed by atoms with Crippen LogP contribution in [0.4, 0.5) is 10.2 Å². The van der Waals surface area contributed by atoms with E-state index in [1.807, 2.05) is 38.4 Å². The Bertz CT molecular complexity index is 1080. The van der Waals surface area contributed by atoms with Crippen molar-refractivity contribution in [3.05, 3.63) is 78.5 Å². The SMILES string of the molecule is CN(C)[C@H](CNc1cc(-c2ccccc2F)nc2ccnn12)c1ccccn1. The van der Waals surface area contributed by atoms with Gasteiger partial charge in [-0.05, 0) is 38.4 Å². The number of aromatic nitrogens is 4. The number of anilines is 1. The third-order valence-corrected chi connectivity index (χ3v) is 4.64. The summed E-state index contributed by atoms with van der Waals surface area (Å²) in [6, 6.07) is 16.2. The summed E-state index contributed by atoms with van der Waals surface area (Å²) in [4.78, 5) is 11.1. The molecule has 7 heteroatoms. The van der Waals surface area contributed by atoms with E-state index < -0.39 is 0 Å². The van der Waals surface area contributed by atoms with Crippen LogP contribution in [-0.2, 0) is 0 Å². The predicted molar refractivity (Wildman–Crippen MR) is 108 cm³/mol. The maximum Gasteiger partial charge on any atom is 0.157 e. The molecule has 0 spiro atoms. The maximum atomic E-state index is 14.3. The van der Waals surface area contributed by atoms with Gasteiger partial charge in [0.15, 0.2) is 5.65 Å². The van der Waals surface area contributed by atoms with Crippen LogP contribution >= 0.6 is 0 Å². The molecule has 28 heavy (non-hydrogen) atoms. The number of nitrogens with zero attached hydrogens (tertiary/aromatic N) is 5. The van der Waals surface area contributed by atoms with Gasteiger partial charge in [0.05, 0.1) is 23.6 Å². The van der Waals surface area contributed by atoms with Crippen molar-refractivity contribution in [1.82, 2.24) is 24.5 Å². The molecule has 1 N–H and O–H groups in total. The fourth-order valence-corrected chi connectivity index (χ4v) is 3.17. The lowest BCUT2D eigenvalue weighted by Gasteiger charge is -2.24. The molecular formula is C21H21FN6. The Morgan fingerprint density at radius 1 is 1.07 bits per heavy atom. The second-order valence-corrected chi connectivity index (χ2v) is 6.72. The minimum Gasteiger partial charge on any atom is -0.368 e. The molecule has 3 aromatic heterocycles. The molecule has 0 saturated carbocycles. The van der Waals surface area contributed by atoms with Crippen molar-refractivity contribution < 1.29 is 4.39 Å². The maximum absolute atomic E-state index is 14.3. The van der Waals surface area contributed by atoms with Crippen molar-refractivity contribution >= 4 is 11.5 Å². The second-order valence-electron chi connectivity index (χ2n) is 6.72. The Labute approximate surface area is 162 Å². The lowest BCUT2D eigenvalue weighted by atomic mass is 10.1.